The fraction of sp³-hybridized carbons (Fsp3) is 0.522. The molecule has 3 heterocycles. The Morgan fingerprint density at radius 2 is 2.03 bits per heavy atom. The lowest BCUT2D eigenvalue weighted by Gasteiger charge is -2.31. The Morgan fingerprint density at radius 3 is 2.66 bits per heavy atom. The first kappa shape index (κ1) is 21.1. The van der Waals surface area contributed by atoms with E-state index in [9.17, 15) is 4.79 Å². The molecule has 1 amide bonds. The third-order valence-corrected chi connectivity index (χ3v) is 5.04. The first-order valence-electron chi connectivity index (χ1n) is 10.3. The van der Waals surface area contributed by atoms with Gasteiger partial charge in [-0.2, -0.15) is 0 Å². The van der Waals surface area contributed by atoms with E-state index in [2.05, 4.69) is 54.2 Å². The van der Waals surface area contributed by atoms with Gasteiger partial charge >= 0.3 is 0 Å². The maximum absolute atomic E-state index is 12.4. The molecule has 1 aliphatic heterocycles. The summed E-state index contributed by atoms with van der Waals surface area (Å²) in [5.41, 5.74) is 4.37. The SMILES string of the molecule is Cc1cc2c(nc1NC(=O)CC(C)(C)C)CCCN2Cc1ccc(N(C)C)nc1. The molecule has 1 N–H and O–H groups in total. The summed E-state index contributed by atoms with van der Waals surface area (Å²) >= 11 is 0. The standard InChI is InChI=1S/C23H33N5O/c1-16-12-19-18(25-22(16)26-21(29)13-23(2,3)4)8-7-11-28(19)15-17-9-10-20(24-14-17)27(5)6/h9-10,12,14H,7-8,11,13,15H2,1-6H3,(H,25,26,29). The second kappa shape index (κ2) is 8.39. The fourth-order valence-electron chi connectivity index (χ4n) is 3.60. The van der Waals surface area contributed by atoms with Gasteiger partial charge in [-0.1, -0.05) is 26.8 Å². The van der Waals surface area contributed by atoms with Crippen LogP contribution in [0, 0.1) is 12.3 Å². The van der Waals surface area contributed by atoms with Gasteiger partial charge in [-0.15, -0.1) is 0 Å². The van der Waals surface area contributed by atoms with Crippen LogP contribution in [0.3, 0.4) is 0 Å². The van der Waals surface area contributed by atoms with Crippen LogP contribution in [0.25, 0.3) is 0 Å². The maximum Gasteiger partial charge on any atom is 0.226 e. The third-order valence-electron chi connectivity index (χ3n) is 5.04. The zero-order chi connectivity index (χ0) is 21.2. The number of carbonyl (C=O) groups excluding carboxylic acids is 1. The number of amides is 1. The minimum Gasteiger partial charge on any atom is -0.366 e. The molecule has 3 rings (SSSR count). The van der Waals surface area contributed by atoms with Crippen molar-refractivity contribution in [1.82, 2.24) is 9.97 Å². The number of anilines is 3. The average molecular weight is 396 g/mol. The van der Waals surface area contributed by atoms with Gasteiger partial charge in [-0.05, 0) is 48.4 Å². The van der Waals surface area contributed by atoms with E-state index in [0.717, 1.165) is 43.0 Å². The smallest absolute Gasteiger partial charge is 0.226 e. The van der Waals surface area contributed by atoms with Crippen molar-refractivity contribution < 1.29 is 4.79 Å². The van der Waals surface area contributed by atoms with Gasteiger partial charge < -0.3 is 15.1 Å². The number of aryl methyl sites for hydroxylation is 2. The van der Waals surface area contributed by atoms with Gasteiger partial charge in [-0.25, -0.2) is 9.97 Å². The molecule has 0 bridgehead atoms. The molecule has 6 nitrogen and oxygen atoms in total. The van der Waals surface area contributed by atoms with Gasteiger partial charge in [0, 0.05) is 39.8 Å². The first-order chi connectivity index (χ1) is 13.6. The molecule has 0 atom stereocenters. The Labute approximate surface area is 174 Å². The van der Waals surface area contributed by atoms with Gasteiger partial charge in [0.25, 0.3) is 0 Å². The third kappa shape index (κ3) is 5.46. The van der Waals surface area contributed by atoms with E-state index in [0.29, 0.717) is 12.2 Å². The van der Waals surface area contributed by atoms with Crippen molar-refractivity contribution in [2.45, 2.75) is 53.5 Å². The lowest BCUT2D eigenvalue weighted by atomic mass is 9.92. The largest absolute Gasteiger partial charge is 0.366 e. The highest BCUT2D eigenvalue weighted by molar-refractivity contribution is 5.91. The number of nitrogens with one attached hydrogen (secondary N) is 1. The molecule has 1 aliphatic rings. The Hall–Kier alpha value is -2.63. The van der Waals surface area contributed by atoms with Crippen LogP contribution < -0.4 is 15.1 Å². The predicted molar refractivity (Wildman–Crippen MR) is 120 cm³/mol. The van der Waals surface area contributed by atoms with Crippen LogP contribution >= 0.6 is 0 Å². The van der Waals surface area contributed by atoms with Crippen molar-refractivity contribution in [3.63, 3.8) is 0 Å². The highest BCUT2D eigenvalue weighted by Crippen LogP contribution is 2.31. The molecule has 0 spiro atoms. The highest BCUT2D eigenvalue weighted by atomic mass is 16.1. The molecule has 0 aliphatic carbocycles. The number of aromatic nitrogens is 2. The van der Waals surface area contributed by atoms with E-state index >= 15 is 0 Å². The molecular formula is C23H33N5O. The normalized spacial score (nSPS) is 13.8. The number of hydrogen-bond acceptors (Lipinski definition) is 5. The number of rotatable bonds is 5. The van der Waals surface area contributed by atoms with Gasteiger partial charge in [0.05, 0.1) is 11.4 Å². The van der Waals surface area contributed by atoms with Crippen LogP contribution in [-0.2, 0) is 17.8 Å². The minimum absolute atomic E-state index is 0.0211. The van der Waals surface area contributed by atoms with Crippen molar-refractivity contribution in [3.05, 3.63) is 41.2 Å². The topological polar surface area (TPSA) is 61.4 Å². The quantitative estimate of drug-likeness (QED) is 0.823. The molecule has 0 saturated carbocycles. The first-order valence-corrected chi connectivity index (χ1v) is 10.3. The summed E-state index contributed by atoms with van der Waals surface area (Å²) in [5.74, 6) is 1.67. The Morgan fingerprint density at radius 1 is 1.28 bits per heavy atom. The van der Waals surface area contributed by atoms with Crippen molar-refractivity contribution in [2.24, 2.45) is 5.41 Å². The number of hydrogen-bond donors (Lipinski definition) is 1. The van der Waals surface area contributed by atoms with Crippen LogP contribution in [0.1, 0.15) is 50.4 Å². The highest BCUT2D eigenvalue weighted by Gasteiger charge is 2.22. The second-order valence-corrected chi connectivity index (χ2v) is 9.35. The fourth-order valence-corrected chi connectivity index (χ4v) is 3.60. The number of pyridine rings is 2. The molecule has 2 aromatic heterocycles. The number of fused-ring (bicyclic) bond motifs is 1. The number of nitrogens with zero attached hydrogens (tertiary/aromatic N) is 4. The van der Waals surface area contributed by atoms with Crippen LogP contribution in [0.2, 0.25) is 0 Å². The Balaban J connectivity index is 1.77. The summed E-state index contributed by atoms with van der Waals surface area (Å²) in [6.07, 6.45) is 4.42. The molecule has 6 heteroatoms. The average Bonchev–Trinajstić information content (AvgIpc) is 2.62. The summed E-state index contributed by atoms with van der Waals surface area (Å²) in [5, 5.41) is 3.01. The Kier molecular flexibility index (Phi) is 6.10. The zero-order valence-electron chi connectivity index (χ0n) is 18.5. The minimum atomic E-state index is -0.0425. The summed E-state index contributed by atoms with van der Waals surface area (Å²) in [6.45, 7) is 10.0. The number of carbonyl (C=O) groups is 1. The molecule has 156 valence electrons. The molecule has 0 saturated heterocycles. The van der Waals surface area contributed by atoms with E-state index in [4.69, 9.17) is 4.98 Å². The maximum atomic E-state index is 12.4. The summed E-state index contributed by atoms with van der Waals surface area (Å²) in [6, 6.07) is 6.35. The molecule has 0 aromatic carbocycles. The lowest BCUT2D eigenvalue weighted by Crippen LogP contribution is -2.30. The van der Waals surface area contributed by atoms with Crippen LogP contribution in [0.5, 0.6) is 0 Å². The Bertz CT molecular complexity index is 868. The van der Waals surface area contributed by atoms with Crippen LogP contribution in [0.15, 0.2) is 24.4 Å². The summed E-state index contributed by atoms with van der Waals surface area (Å²) in [4.78, 5) is 26.1. The zero-order valence-corrected chi connectivity index (χ0v) is 18.5. The van der Waals surface area contributed by atoms with Crippen molar-refractivity contribution in [2.75, 3.05) is 35.8 Å². The van der Waals surface area contributed by atoms with E-state index in [1.54, 1.807) is 0 Å². The molecule has 0 fully saturated rings. The van der Waals surface area contributed by atoms with E-state index in [1.807, 2.05) is 32.1 Å². The molecule has 0 radical (unpaired) electrons. The summed E-state index contributed by atoms with van der Waals surface area (Å²) < 4.78 is 0. The van der Waals surface area contributed by atoms with E-state index in [1.165, 1.54) is 11.3 Å². The van der Waals surface area contributed by atoms with Gasteiger partial charge in [0.1, 0.15) is 11.6 Å². The molecule has 2 aromatic rings. The van der Waals surface area contributed by atoms with Crippen molar-refractivity contribution in [1.29, 1.82) is 0 Å². The van der Waals surface area contributed by atoms with Gasteiger partial charge in [0.2, 0.25) is 5.91 Å². The second-order valence-electron chi connectivity index (χ2n) is 9.35. The van der Waals surface area contributed by atoms with Crippen LogP contribution in [0.4, 0.5) is 17.3 Å². The van der Waals surface area contributed by atoms with Crippen molar-refractivity contribution in [3.8, 4) is 0 Å². The lowest BCUT2D eigenvalue weighted by molar-refractivity contribution is -0.117. The van der Waals surface area contributed by atoms with Gasteiger partial charge in [-0.3, -0.25) is 4.79 Å². The van der Waals surface area contributed by atoms with Crippen molar-refractivity contribution >= 4 is 23.2 Å². The molecule has 29 heavy (non-hydrogen) atoms. The molecule has 0 unspecified atom stereocenters. The van der Waals surface area contributed by atoms with E-state index in [-0.39, 0.29) is 11.3 Å². The van der Waals surface area contributed by atoms with E-state index < -0.39 is 0 Å². The van der Waals surface area contributed by atoms with Gasteiger partial charge in [0.15, 0.2) is 0 Å². The monoisotopic (exact) mass is 395 g/mol. The predicted octanol–water partition coefficient (Wildman–Crippen LogP) is 4.18. The summed E-state index contributed by atoms with van der Waals surface area (Å²) in [7, 11) is 3.99. The van der Waals surface area contributed by atoms with Crippen LogP contribution in [-0.4, -0.2) is 36.5 Å². The molecular weight excluding hydrogens is 362 g/mol.